The van der Waals surface area contributed by atoms with Crippen molar-refractivity contribution < 1.29 is 23.1 Å². The summed E-state index contributed by atoms with van der Waals surface area (Å²) in [4.78, 5) is 12.4. The number of ether oxygens (including phenoxy) is 2. The molecule has 0 saturated heterocycles. The molecule has 3 aromatic rings. The van der Waals surface area contributed by atoms with Crippen molar-refractivity contribution in [3.8, 4) is 23.0 Å². The molecule has 0 aliphatic heterocycles. The van der Waals surface area contributed by atoms with E-state index in [9.17, 15) is 9.18 Å². The summed E-state index contributed by atoms with van der Waals surface area (Å²) >= 11 is 1.12. The van der Waals surface area contributed by atoms with Crippen LogP contribution in [0.25, 0.3) is 11.5 Å². The molecule has 0 aliphatic rings. The minimum absolute atomic E-state index is 0.237. The number of amides is 1. The quantitative estimate of drug-likeness (QED) is 0.597. The number of nitrogens with zero attached hydrogens (tertiary/aromatic N) is 2. The van der Waals surface area contributed by atoms with Crippen LogP contribution in [-0.4, -0.2) is 35.6 Å². The summed E-state index contributed by atoms with van der Waals surface area (Å²) in [6.45, 7) is 1.72. The van der Waals surface area contributed by atoms with Gasteiger partial charge in [0.25, 0.3) is 5.22 Å². The smallest absolute Gasteiger partial charge is 0.277 e. The number of rotatable bonds is 7. The van der Waals surface area contributed by atoms with Crippen LogP contribution in [0.15, 0.2) is 52.1 Å². The Morgan fingerprint density at radius 2 is 1.82 bits per heavy atom. The fourth-order valence-corrected chi connectivity index (χ4v) is 3.01. The lowest BCUT2D eigenvalue weighted by molar-refractivity contribution is -0.115. The Hall–Kier alpha value is -3.07. The van der Waals surface area contributed by atoms with Gasteiger partial charge in [0.15, 0.2) is 11.5 Å². The zero-order valence-corrected chi connectivity index (χ0v) is 16.2. The molecular formula is C19H18FN3O4S. The number of carbonyl (C=O) groups is 1. The zero-order valence-electron chi connectivity index (χ0n) is 15.4. The normalized spacial score (nSPS) is 11.7. The van der Waals surface area contributed by atoms with Crippen molar-refractivity contribution in [1.82, 2.24) is 10.2 Å². The van der Waals surface area contributed by atoms with Gasteiger partial charge in [0.2, 0.25) is 11.8 Å². The fraction of sp³-hybridized carbons (Fsp3) is 0.211. The number of nitrogens with one attached hydrogen (secondary N) is 1. The van der Waals surface area contributed by atoms with Gasteiger partial charge < -0.3 is 19.2 Å². The summed E-state index contributed by atoms with van der Waals surface area (Å²) in [6.07, 6.45) is 0. The Bertz CT molecular complexity index is 962. The maximum absolute atomic E-state index is 13.0. The number of hydrogen-bond acceptors (Lipinski definition) is 7. The van der Waals surface area contributed by atoms with E-state index in [1.807, 2.05) is 0 Å². The lowest BCUT2D eigenvalue weighted by atomic mass is 10.2. The number of hydrogen-bond donors (Lipinski definition) is 1. The number of halogens is 1. The Labute approximate surface area is 165 Å². The van der Waals surface area contributed by atoms with Crippen molar-refractivity contribution in [2.45, 2.75) is 17.4 Å². The van der Waals surface area contributed by atoms with E-state index in [2.05, 4.69) is 15.5 Å². The zero-order chi connectivity index (χ0) is 20.1. The maximum atomic E-state index is 13.0. The third-order valence-corrected chi connectivity index (χ3v) is 4.73. The number of anilines is 1. The molecular weight excluding hydrogens is 385 g/mol. The molecule has 7 nitrogen and oxygen atoms in total. The second-order valence-electron chi connectivity index (χ2n) is 5.70. The lowest BCUT2D eigenvalue weighted by Crippen LogP contribution is -2.22. The first kappa shape index (κ1) is 19.7. The first-order valence-corrected chi connectivity index (χ1v) is 9.17. The van der Waals surface area contributed by atoms with E-state index >= 15 is 0 Å². The molecule has 0 unspecified atom stereocenters. The summed E-state index contributed by atoms with van der Waals surface area (Å²) in [5.41, 5.74) is 1.18. The molecule has 146 valence electrons. The van der Waals surface area contributed by atoms with Crippen LogP contribution in [0, 0.1) is 5.82 Å². The van der Waals surface area contributed by atoms with Crippen molar-refractivity contribution in [3.63, 3.8) is 0 Å². The second kappa shape index (κ2) is 8.75. The number of benzene rings is 2. The van der Waals surface area contributed by atoms with Crippen LogP contribution in [0.3, 0.4) is 0 Å². The molecule has 1 atom stereocenters. The van der Waals surface area contributed by atoms with Gasteiger partial charge in [-0.1, -0.05) is 11.8 Å². The highest BCUT2D eigenvalue weighted by Crippen LogP contribution is 2.31. The third kappa shape index (κ3) is 4.61. The summed E-state index contributed by atoms with van der Waals surface area (Å²) < 4.78 is 29.0. The average Bonchev–Trinajstić information content (AvgIpc) is 3.16. The van der Waals surface area contributed by atoms with E-state index in [0.717, 1.165) is 11.8 Å². The Morgan fingerprint density at radius 3 is 2.50 bits per heavy atom. The highest BCUT2D eigenvalue weighted by atomic mass is 32.2. The van der Waals surface area contributed by atoms with Crippen LogP contribution in [0.4, 0.5) is 10.1 Å². The highest BCUT2D eigenvalue weighted by molar-refractivity contribution is 8.00. The lowest BCUT2D eigenvalue weighted by Gasteiger charge is -2.12. The molecule has 3 rings (SSSR count). The van der Waals surface area contributed by atoms with E-state index in [1.54, 1.807) is 44.4 Å². The molecule has 2 aromatic carbocycles. The number of thioether (sulfide) groups is 1. The molecule has 0 fully saturated rings. The van der Waals surface area contributed by atoms with Crippen molar-refractivity contribution in [1.29, 1.82) is 0 Å². The van der Waals surface area contributed by atoms with Crippen molar-refractivity contribution >= 4 is 23.4 Å². The number of methoxy groups -OCH3 is 2. The molecule has 0 saturated carbocycles. The molecule has 9 heteroatoms. The minimum Gasteiger partial charge on any atom is -0.493 e. The van der Waals surface area contributed by atoms with Gasteiger partial charge in [0.05, 0.1) is 19.5 Å². The monoisotopic (exact) mass is 403 g/mol. The van der Waals surface area contributed by atoms with Crippen LogP contribution in [-0.2, 0) is 4.79 Å². The van der Waals surface area contributed by atoms with Gasteiger partial charge in [0, 0.05) is 17.3 Å². The van der Waals surface area contributed by atoms with Gasteiger partial charge >= 0.3 is 0 Å². The largest absolute Gasteiger partial charge is 0.493 e. The third-order valence-electron chi connectivity index (χ3n) is 3.80. The summed E-state index contributed by atoms with van der Waals surface area (Å²) in [5.74, 6) is 0.760. The molecule has 1 heterocycles. The molecule has 0 spiro atoms. The average molecular weight is 403 g/mol. The Morgan fingerprint density at radius 1 is 1.11 bits per heavy atom. The summed E-state index contributed by atoms with van der Waals surface area (Å²) in [7, 11) is 3.07. The molecule has 0 radical (unpaired) electrons. The molecule has 0 bridgehead atoms. The van der Waals surface area contributed by atoms with Gasteiger partial charge in [-0.25, -0.2) is 4.39 Å². The van der Waals surface area contributed by atoms with Crippen LogP contribution >= 0.6 is 11.8 Å². The van der Waals surface area contributed by atoms with Gasteiger partial charge in [-0.3, -0.25) is 4.79 Å². The summed E-state index contributed by atoms with van der Waals surface area (Å²) in [6, 6.07) is 10.8. The predicted octanol–water partition coefficient (Wildman–Crippen LogP) is 4.01. The van der Waals surface area contributed by atoms with Gasteiger partial charge in [-0.15, -0.1) is 10.2 Å². The van der Waals surface area contributed by atoms with Crippen molar-refractivity contribution in [2.24, 2.45) is 0 Å². The van der Waals surface area contributed by atoms with Crippen LogP contribution in [0.2, 0.25) is 0 Å². The van der Waals surface area contributed by atoms with E-state index in [4.69, 9.17) is 13.9 Å². The summed E-state index contributed by atoms with van der Waals surface area (Å²) in [5, 5.41) is 10.4. The minimum atomic E-state index is -0.491. The van der Waals surface area contributed by atoms with Crippen molar-refractivity contribution in [3.05, 3.63) is 48.3 Å². The Kier molecular flexibility index (Phi) is 6.15. The van der Waals surface area contributed by atoms with E-state index in [1.165, 1.54) is 19.2 Å². The van der Waals surface area contributed by atoms with E-state index in [-0.39, 0.29) is 22.8 Å². The predicted molar refractivity (Wildman–Crippen MR) is 103 cm³/mol. The second-order valence-corrected chi connectivity index (χ2v) is 6.99. The first-order chi connectivity index (χ1) is 13.5. The van der Waals surface area contributed by atoms with E-state index < -0.39 is 5.25 Å². The Balaban J connectivity index is 1.64. The fourth-order valence-electron chi connectivity index (χ4n) is 2.33. The molecule has 28 heavy (non-hydrogen) atoms. The maximum Gasteiger partial charge on any atom is 0.277 e. The molecule has 1 N–H and O–H groups in total. The van der Waals surface area contributed by atoms with Crippen molar-refractivity contribution in [2.75, 3.05) is 19.5 Å². The number of aromatic nitrogens is 2. The van der Waals surface area contributed by atoms with E-state index in [0.29, 0.717) is 22.7 Å². The molecule has 1 amide bonds. The first-order valence-electron chi connectivity index (χ1n) is 8.29. The standard InChI is InChI=1S/C19H18FN3O4S/c1-11(17(24)21-14-8-9-15(25-2)16(10-14)26-3)28-19-23-22-18(27-19)12-4-6-13(20)7-5-12/h4-11H,1-3H3,(H,21,24)/t11-/m1/s1. The van der Waals surface area contributed by atoms with Crippen LogP contribution in [0.5, 0.6) is 11.5 Å². The van der Waals surface area contributed by atoms with Gasteiger partial charge in [-0.2, -0.15) is 0 Å². The SMILES string of the molecule is COc1ccc(NC(=O)[C@@H](C)Sc2nnc(-c3ccc(F)cc3)o2)cc1OC. The van der Waals surface area contributed by atoms with Gasteiger partial charge in [-0.05, 0) is 43.3 Å². The van der Waals surface area contributed by atoms with Gasteiger partial charge in [0.1, 0.15) is 5.82 Å². The number of carbonyl (C=O) groups excluding carboxylic acids is 1. The molecule has 1 aromatic heterocycles. The van der Waals surface area contributed by atoms with Crippen LogP contribution in [0.1, 0.15) is 6.92 Å². The molecule has 0 aliphatic carbocycles. The topological polar surface area (TPSA) is 86.5 Å². The highest BCUT2D eigenvalue weighted by Gasteiger charge is 2.19. The van der Waals surface area contributed by atoms with Crippen LogP contribution < -0.4 is 14.8 Å².